The van der Waals surface area contributed by atoms with Crippen molar-refractivity contribution in [1.29, 1.82) is 0 Å². The molecule has 0 fully saturated rings. The molecule has 0 spiro atoms. The van der Waals surface area contributed by atoms with Gasteiger partial charge in [0.1, 0.15) is 0 Å². The molecular weight excluding hydrogens is 613 g/mol. The van der Waals surface area contributed by atoms with Crippen LogP contribution in [0.15, 0.2) is 170 Å². The van der Waals surface area contributed by atoms with Crippen LogP contribution in [0.5, 0.6) is 0 Å². The van der Waals surface area contributed by atoms with Crippen LogP contribution in [0.3, 0.4) is 0 Å². The summed E-state index contributed by atoms with van der Waals surface area (Å²) in [5.41, 5.74) is 10.4. The van der Waals surface area contributed by atoms with Crippen LogP contribution in [0, 0.1) is 0 Å². The van der Waals surface area contributed by atoms with Gasteiger partial charge in [-0.1, -0.05) is 159 Å². The van der Waals surface area contributed by atoms with Crippen molar-refractivity contribution in [3.63, 3.8) is 0 Å². The number of hydrogen-bond acceptors (Lipinski definition) is 0. The lowest BCUT2D eigenvalue weighted by Gasteiger charge is -2.23. The molecule has 0 bridgehead atoms. The van der Waals surface area contributed by atoms with Gasteiger partial charge in [-0.05, 0) is 133 Å². The molecule has 10 aromatic rings. The summed E-state index contributed by atoms with van der Waals surface area (Å²) in [6.07, 6.45) is 0. The Bertz CT molecular complexity index is 3090. The Balaban J connectivity index is 1.11. The second-order valence-corrected chi connectivity index (χ2v) is 14.9. The minimum atomic E-state index is -0.123. The maximum Gasteiger partial charge on any atom is 0.0159 e. The Labute approximate surface area is 297 Å². The van der Waals surface area contributed by atoms with Crippen LogP contribution in [0.25, 0.3) is 98.0 Å². The second kappa shape index (κ2) is 10.4. The van der Waals surface area contributed by atoms with Gasteiger partial charge in [-0.3, -0.25) is 0 Å². The fourth-order valence-corrected chi connectivity index (χ4v) is 9.27. The van der Waals surface area contributed by atoms with E-state index in [0.717, 1.165) is 0 Å². The van der Waals surface area contributed by atoms with Crippen molar-refractivity contribution in [2.24, 2.45) is 0 Å². The molecule has 0 saturated heterocycles. The summed E-state index contributed by atoms with van der Waals surface area (Å²) in [5.74, 6) is 0. The van der Waals surface area contributed by atoms with E-state index in [1.54, 1.807) is 0 Å². The molecule has 0 N–H and O–H groups in total. The smallest absolute Gasteiger partial charge is 0.0159 e. The van der Waals surface area contributed by atoms with E-state index in [9.17, 15) is 0 Å². The van der Waals surface area contributed by atoms with Crippen LogP contribution in [0.4, 0.5) is 0 Å². The van der Waals surface area contributed by atoms with Gasteiger partial charge in [0.05, 0.1) is 0 Å². The van der Waals surface area contributed by atoms with E-state index < -0.39 is 0 Å². The standard InChI is InChI=1S/C51H34/c1-51(2)47-29-35(33-20-19-31-11-3-4-12-32(31)27-33)22-25-41(47)42-26-23-36(30-48(42)51)34-21-24-40-39-15-7-9-17-44(39)49-43-16-8-5-13-37(43)38-14-6-10-18-45(38)50(49)46(40)28-34/h3-30H,1-2H3. The highest BCUT2D eigenvalue weighted by Gasteiger charge is 2.36. The molecule has 238 valence electrons. The second-order valence-electron chi connectivity index (χ2n) is 14.9. The number of rotatable bonds is 2. The SMILES string of the molecule is CC1(C)c2cc(-c3ccc4ccccc4c3)ccc2-c2ccc(-c3ccc4c5ccccc5c5c6ccccc6c6ccccc6c5c4c3)cc21. The van der Waals surface area contributed by atoms with Gasteiger partial charge >= 0.3 is 0 Å². The maximum atomic E-state index is 2.46. The van der Waals surface area contributed by atoms with Crippen LogP contribution >= 0.6 is 0 Å². The number of benzene rings is 10. The maximum absolute atomic E-state index is 2.46. The molecule has 0 radical (unpaired) electrons. The van der Waals surface area contributed by atoms with Crippen LogP contribution in [0.2, 0.25) is 0 Å². The number of hydrogen-bond donors (Lipinski definition) is 0. The van der Waals surface area contributed by atoms with Crippen LogP contribution in [0.1, 0.15) is 25.0 Å². The quantitative estimate of drug-likeness (QED) is 0.164. The summed E-state index contributed by atoms with van der Waals surface area (Å²) in [5, 5.41) is 15.7. The lowest BCUT2D eigenvalue weighted by molar-refractivity contribution is 0.661. The minimum absolute atomic E-state index is 0.123. The molecule has 51 heavy (non-hydrogen) atoms. The van der Waals surface area contributed by atoms with Crippen molar-refractivity contribution in [3.05, 3.63) is 181 Å². The molecule has 10 aromatic carbocycles. The Hall–Kier alpha value is -6.24. The van der Waals surface area contributed by atoms with Gasteiger partial charge in [-0.2, -0.15) is 0 Å². The summed E-state index contributed by atoms with van der Waals surface area (Å²) < 4.78 is 0. The predicted octanol–water partition coefficient (Wildman–Crippen LogP) is 14.2. The first-order valence-corrected chi connectivity index (χ1v) is 18.0. The lowest BCUT2D eigenvalue weighted by atomic mass is 9.80. The van der Waals surface area contributed by atoms with E-state index in [0.29, 0.717) is 0 Å². The van der Waals surface area contributed by atoms with E-state index in [-0.39, 0.29) is 5.41 Å². The third kappa shape index (κ3) is 4.02. The van der Waals surface area contributed by atoms with Gasteiger partial charge in [0, 0.05) is 5.41 Å². The fourth-order valence-electron chi connectivity index (χ4n) is 9.27. The van der Waals surface area contributed by atoms with E-state index in [4.69, 9.17) is 0 Å². The molecule has 0 heteroatoms. The molecule has 1 aliphatic rings. The molecule has 0 nitrogen and oxygen atoms in total. The van der Waals surface area contributed by atoms with Crippen molar-refractivity contribution in [2.75, 3.05) is 0 Å². The largest absolute Gasteiger partial charge is 0.0616 e. The van der Waals surface area contributed by atoms with Gasteiger partial charge in [0.2, 0.25) is 0 Å². The summed E-state index contributed by atoms with van der Waals surface area (Å²) in [7, 11) is 0. The molecule has 1 aliphatic carbocycles. The van der Waals surface area contributed by atoms with Gasteiger partial charge < -0.3 is 0 Å². The zero-order valence-electron chi connectivity index (χ0n) is 28.7. The van der Waals surface area contributed by atoms with Crippen molar-refractivity contribution in [3.8, 4) is 33.4 Å². The Morgan fingerprint density at radius 2 is 0.686 bits per heavy atom. The molecule has 0 unspecified atom stereocenters. The zero-order chi connectivity index (χ0) is 33.8. The van der Waals surface area contributed by atoms with E-state index in [2.05, 4.69) is 184 Å². The van der Waals surface area contributed by atoms with E-state index in [1.165, 1.54) is 109 Å². The van der Waals surface area contributed by atoms with Crippen LogP contribution in [-0.2, 0) is 5.41 Å². The molecule has 0 heterocycles. The molecular formula is C51H34. The summed E-state index contributed by atoms with van der Waals surface area (Å²) in [6, 6.07) is 63.7. The molecule has 0 aromatic heterocycles. The Morgan fingerprint density at radius 1 is 0.294 bits per heavy atom. The van der Waals surface area contributed by atoms with Crippen molar-refractivity contribution in [1.82, 2.24) is 0 Å². The van der Waals surface area contributed by atoms with Crippen LogP contribution in [-0.4, -0.2) is 0 Å². The zero-order valence-corrected chi connectivity index (χ0v) is 28.7. The first-order chi connectivity index (χ1) is 25.0. The normalized spacial score (nSPS) is 13.5. The molecule has 0 atom stereocenters. The highest BCUT2D eigenvalue weighted by atomic mass is 14.4. The van der Waals surface area contributed by atoms with Gasteiger partial charge in [-0.25, -0.2) is 0 Å². The molecule has 0 aliphatic heterocycles. The van der Waals surface area contributed by atoms with Gasteiger partial charge in [0.15, 0.2) is 0 Å². The first-order valence-electron chi connectivity index (χ1n) is 18.0. The van der Waals surface area contributed by atoms with E-state index >= 15 is 0 Å². The minimum Gasteiger partial charge on any atom is -0.0616 e. The molecule has 11 rings (SSSR count). The molecule has 0 amide bonds. The predicted molar refractivity (Wildman–Crippen MR) is 220 cm³/mol. The Morgan fingerprint density at radius 3 is 1.25 bits per heavy atom. The monoisotopic (exact) mass is 646 g/mol. The van der Waals surface area contributed by atoms with Crippen LogP contribution < -0.4 is 0 Å². The highest BCUT2D eigenvalue weighted by molar-refractivity contribution is 6.39. The highest BCUT2D eigenvalue weighted by Crippen LogP contribution is 2.51. The lowest BCUT2D eigenvalue weighted by Crippen LogP contribution is -2.15. The topological polar surface area (TPSA) is 0 Å². The van der Waals surface area contributed by atoms with Crippen molar-refractivity contribution < 1.29 is 0 Å². The average Bonchev–Trinajstić information content (AvgIpc) is 3.42. The van der Waals surface area contributed by atoms with Gasteiger partial charge in [0.25, 0.3) is 0 Å². The summed E-state index contributed by atoms with van der Waals surface area (Å²) >= 11 is 0. The Kier molecular flexibility index (Phi) is 5.82. The third-order valence-corrected chi connectivity index (χ3v) is 11.8. The summed E-state index contributed by atoms with van der Waals surface area (Å²) in [4.78, 5) is 0. The van der Waals surface area contributed by atoms with Gasteiger partial charge in [-0.15, -0.1) is 0 Å². The number of fused-ring (bicyclic) bond motifs is 15. The summed E-state index contributed by atoms with van der Waals surface area (Å²) in [6.45, 7) is 4.78. The third-order valence-electron chi connectivity index (χ3n) is 11.8. The average molecular weight is 647 g/mol. The molecule has 0 saturated carbocycles. The fraction of sp³-hybridized carbons (Fsp3) is 0.0588. The first kappa shape index (κ1) is 28.6. The van der Waals surface area contributed by atoms with E-state index in [1.807, 2.05) is 0 Å². The van der Waals surface area contributed by atoms with Crippen molar-refractivity contribution in [2.45, 2.75) is 19.3 Å². The van der Waals surface area contributed by atoms with Crippen molar-refractivity contribution >= 4 is 64.6 Å².